The van der Waals surface area contributed by atoms with Gasteiger partial charge >= 0.3 is 0 Å². The SMILES string of the molecule is CC1CC2CC(C)CC(COc3cc(F)c(C(=O)N4CCC(F)C4)c(C4CC4)c3)(C1)C2. The minimum absolute atomic E-state index is 0.0701. The molecule has 1 amide bonds. The van der Waals surface area contributed by atoms with Crippen molar-refractivity contribution in [3.63, 3.8) is 0 Å². The van der Waals surface area contributed by atoms with Crippen LogP contribution in [0.2, 0.25) is 0 Å². The summed E-state index contributed by atoms with van der Waals surface area (Å²) in [4.78, 5) is 14.4. The van der Waals surface area contributed by atoms with Gasteiger partial charge in [-0.25, -0.2) is 8.78 Å². The van der Waals surface area contributed by atoms with Crippen LogP contribution in [-0.2, 0) is 0 Å². The number of hydrogen-bond acceptors (Lipinski definition) is 2. The van der Waals surface area contributed by atoms with Gasteiger partial charge < -0.3 is 9.64 Å². The monoisotopic (exact) mass is 431 g/mol. The molecule has 4 aliphatic rings. The second-order valence-corrected chi connectivity index (χ2v) is 11.2. The molecule has 4 fully saturated rings. The Morgan fingerprint density at radius 1 is 1.13 bits per heavy atom. The molecule has 3 atom stereocenters. The number of rotatable bonds is 5. The van der Waals surface area contributed by atoms with E-state index in [0.717, 1.165) is 24.3 Å². The number of amides is 1. The smallest absolute Gasteiger partial charge is 0.257 e. The van der Waals surface area contributed by atoms with Crippen molar-refractivity contribution in [3.8, 4) is 5.75 Å². The molecule has 1 saturated heterocycles. The van der Waals surface area contributed by atoms with E-state index in [4.69, 9.17) is 4.74 Å². The number of carbonyl (C=O) groups is 1. The third-order valence-corrected chi connectivity index (χ3v) is 8.04. The van der Waals surface area contributed by atoms with Gasteiger partial charge in [-0.1, -0.05) is 13.8 Å². The number of benzene rings is 1. The molecular formula is C26H35F2NO2. The van der Waals surface area contributed by atoms with Crippen LogP contribution in [0.15, 0.2) is 12.1 Å². The number of fused-ring (bicyclic) bond motifs is 2. The zero-order valence-corrected chi connectivity index (χ0v) is 18.8. The molecule has 3 saturated carbocycles. The minimum atomic E-state index is -1.00. The third kappa shape index (κ3) is 4.34. The van der Waals surface area contributed by atoms with Gasteiger partial charge in [-0.05, 0) is 86.7 Å². The fraction of sp³-hybridized carbons (Fsp3) is 0.731. The van der Waals surface area contributed by atoms with E-state index in [0.29, 0.717) is 37.2 Å². The number of halogens is 2. The summed E-state index contributed by atoms with van der Waals surface area (Å²) in [6.07, 6.45) is 7.49. The van der Waals surface area contributed by atoms with Crippen molar-refractivity contribution < 1.29 is 18.3 Å². The van der Waals surface area contributed by atoms with Crippen LogP contribution >= 0.6 is 0 Å². The fourth-order valence-electron chi connectivity index (χ4n) is 7.01. The quantitative estimate of drug-likeness (QED) is 0.562. The van der Waals surface area contributed by atoms with Crippen molar-refractivity contribution >= 4 is 5.91 Å². The van der Waals surface area contributed by atoms with Crippen LogP contribution in [0.3, 0.4) is 0 Å². The van der Waals surface area contributed by atoms with E-state index in [1.54, 1.807) is 0 Å². The molecule has 31 heavy (non-hydrogen) atoms. The Morgan fingerprint density at radius 2 is 1.84 bits per heavy atom. The molecule has 5 rings (SSSR count). The van der Waals surface area contributed by atoms with Crippen molar-refractivity contribution in [1.29, 1.82) is 0 Å². The van der Waals surface area contributed by atoms with E-state index in [9.17, 15) is 9.18 Å². The second kappa shape index (κ2) is 8.04. The van der Waals surface area contributed by atoms with Crippen LogP contribution in [0.25, 0.3) is 0 Å². The number of alkyl halides is 1. The van der Waals surface area contributed by atoms with Crippen molar-refractivity contribution in [2.75, 3.05) is 19.7 Å². The minimum Gasteiger partial charge on any atom is -0.493 e. The lowest BCUT2D eigenvalue weighted by atomic mass is 9.57. The molecule has 1 aliphatic heterocycles. The summed E-state index contributed by atoms with van der Waals surface area (Å²) in [5.74, 6) is 2.10. The Bertz CT molecular complexity index is 833. The summed E-state index contributed by atoms with van der Waals surface area (Å²) in [5, 5.41) is 0. The van der Waals surface area contributed by atoms with E-state index in [2.05, 4.69) is 13.8 Å². The first-order valence-electron chi connectivity index (χ1n) is 12.2. The van der Waals surface area contributed by atoms with Crippen LogP contribution in [-0.4, -0.2) is 36.7 Å². The maximum Gasteiger partial charge on any atom is 0.257 e. The summed E-state index contributed by atoms with van der Waals surface area (Å²) in [6, 6.07) is 3.28. The molecule has 1 aromatic rings. The standard InChI is InChI=1S/C26H35F2NO2/c1-16-7-18-8-17(2)12-26(11-16,13-18)15-31-21-9-22(19-3-4-19)24(23(28)10-21)25(30)29-6-5-20(27)14-29/h9-10,16-20H,3-8,11-15H2,1-2H3. The number of ether oxygens (including phenoxy) is 1. The average Bonchev–Trinajstić information content (AvgIpc) is 3.45. The van der Waals surface area contributed by atoms with E-state index in [-0.39, 0.29) is 29.3 Å². The van der Waals surface area contributed by atoms with Gasteiger partial charge in [0.05, 0.1) is 18.7 Å². The molecule has 1 aromatic carbocycles. The van der Waals surface area contributed by atoms with E-state index >= 15 is 4.39 Å². The lowest BCUT2D eigenvalue weighted by Gasteiger charge is -2.49. The molecule has 2 bridgehead atoms. The van der Waals surface area contributed by atoms with Gasteiger partial charge in [-0.2, -0.15) is 0 Å². The molecular weight excluding hydrogens is 396 g/mol. The Balaban J connectivity index is 1.36. The van der Waals surface area contributed by atoms with Crippen LogP contribution in [0.5, 0.6) is 5.75 Å². The summed E-state index contributed by atoms with van der Waals surface area (Å²) in [5.41, 5.74) is 1.09. The van der Waals surface area contributed by atoms with E-state index in [1.165, 1.54) is 43.1 Å². The molecule has 3 nitrogen and oxygen atoms in total. The van der Waals surface area contributed by atoms with Crippen LogP contribution in [0, 0.1) is 29.0 Å². The Morgan fingerprint density at radius 3 is 2.45 bits per heavy atom. The summed E-state index contributed by atoms with van der Waals surface area (Å²) < 4.78 is 35.1. The van der Waals surface area contributed by atoms with Crippen LogP contribution in [0.4, 0.5) is 8.78 Å². The Labute approximate surface area is 184 Å². The zero-order valence-electron chi connectivity index (χ0n) is 18.8. The van der Waals surface area contributed by atoms with Gasteiger partial charge in [0.15, 0.2) is 0 Å². The predicted molar refractivity (Wildman–Crippen MR) is 117 cm³/mol. The molecule has 3 unspecified atom stereocenters. The van der Waals surface area contributed by atoms with Crippen molar-refractivity contribution in [2.45, 2.75) is 77.3 Å². The molecule has 0 N–H and O–H groups in total. The highest BCUT2D eigenvalue weighted by Crippen LogP contribution is 2.53. The number of hydrogen-bond donors (Lipinski definition) is 0. The lowest BCUT2D eigenvalue weighted by Crippen LogP contribution is -2.42. The van der Waals surface area contributed by atoms with Gasteiger partial charge in [-0.3, -0.25) is 4.79 Å². The van der Waals surface area contributed by atoms with Gasteiger partial charge in [0.25, 0.3) is 5.91 Å². The first kappa shape index (κ1) is 21.2. The lowest BCUT2D eigenvalue weighted by molar-refractivity contribution is -0.0165. The highest BCUT2D eigenvalue weighted by Gasteiger charge is 2.45. The first-order chi connectivity index (χ1) is 14.8. The van der Waals surface area contributed by atoms with Gasteiger partial charge in [0.2, 0.25) is 0 Å². The predicted octanol–water partition coefficient (Wildman–Crippen LogP) is 6.12. The highest BCUT2D eigenvalue weighted by molar-refractivity contribution is 5.96. The maximum absolute atomic E-state index is 15.2. The van der Waals surface area contributed by atoms with Crippen molar-refractivity contribution in [1.82, 2.24) is 4.90 Å². The molecule has 0 spiro atoms. The van der Waals surface area contributed by atoms with Crippen LogP contribution < -0.4 is 4.74 Å². The summed E-state index contributed by atoms with van der Waals surface area (Å²) in [6.45, 7) is 5.76. The molecule has 170 valence electrons. The van der Waals surface area contributed by atoms with Gasteiger partial charge in [0.1, 0.15) is 17.7 Å². The number of carbonyl (C=O) groups excluding carboxylic acids is 1. The van der Waals surface area contributed by atoms with Crippen molar-refractivity contribution in [2.24, 2.45) is 23.2 Å². The third-order valence-electron chi connectivity index (χ3n) is 8.04. The molecule has 0 aromatic heterocycles. The Hall–Kier alpha value is -1.65. The summed E-state index contributed by atoms with van der Waals surface area (Å²) >= 11 is 0. The van der Waals surface area contributed by atoms with Gasteiger partial charge in [0, 0.05) is 18.0 Å². The van der Waals surface area contributed by atoms with Crippen LogP contribution in [0.1, 0.15) is 87.1 Å². The molecule has 0 radical (unpaired) electrons. The van der Waals surface area contributed by atoms with E-state index < -0.39 is 12.0 Å². The first-order valence-corrected chi connectivity index (χ1v) is 12.2. The summed E-state index contributed by atoms with van der Waals surface area (Å²) in [7, 11) is 0. The zero-order chi connectivity index (χ0) is 21.8. The largest absolute Gasteiger partial charge is 0.493 e. The normalized spacial score (nSPS) is 35.3. The average molecular weight is 432 g/mol. The van der Waals surface area contributed by atoms with E-state index in [1.807, 2.05) is 6.07 Å². The maximum atomic E-state index is 15.2. The molecule has 5 heteroatoms. The fourth-order valence-corrected chi connectivity index (χ4v) is 7.01. The Kier molecular flexibility index (Phi) is 5.50. The van der Waals surface area contributed by atoms with Crippen molar-refractivity contribution in [3.05, 3.63) is 29.1 Å². The highest BCUT2D eigenvalue weighted by atomic mass is 19.1. The number of likely N-dealkylation sites (tertiary alicyclic amines) is 1. The molecule has 1 heterocycles. The molecule has 3 aliphatic carbocycles. The second-order valence-electron chi connectivity index (χ2n) is 11.2. The topological polar surface area (TPSA) is 29.5 Å². The van der Waals surface area contributed by atoms with Gasteiger partial charge in [-0.15, -0.1) is 0 Å². The number of nitrogens with zero attached hydrogens (tertiary/aromatic N) is 1.